The van der Waals surface area contributed by atoms with Gasteiger partial charge in [0.1, 0.15) is 5.82 Å². The van der Waals surface area contributed by atoms with E-state index < -0.39 is 0 Å². The topological polar surface area (TPSA) is 72.7 Å². The number of aromatic nitrogens is 4. The average molecular weight is 401 g/mol. The molecule has 0 bridgehead atoms. The summed E-state index contributed by atoms with van der Waals surface area (Å²) in [5.74, 6) is 0.311. The van der Waals surface area contributed by atoms with E-state index in [9.17, 15) is 9.18 Å². The van der Waals surface area contributed by atoms with Gasteiger partial charge in [-0.3, -0.25) is 4.79 Å². The lowest BCUT2D eigenvalue weighted by molar-refractivity contribution is -0.113. The van der Waals surface area contributed by atoms with Crippen LogP contribution in [0.1, 0.15) is 0 Å². The molecule has 1 aromatic heterocycles. The molecule has 2 aromatic carbocycles. The Hall–Kier alpha value is -2.65. The number of tetrazole rings is 1. The van der Waals surface area contributed by atoms with Crippen LogP contribution in [0.2, 0.25) is 0 Å². The van der Waals surface area contributed by atoms with Gasteiger partial charge in [-0.2, -0.15) is 4.68 Å². The van der Waals surface area contributed by atoms with Crippen molar-refractivity contribution in [3.8, 4) is 5.69 Å². The van der Waals surface area contributed by atoms with Crippen molar-refractivity contribution in [1.82, 2.24) is 20.2 Å². The molecule has 0 fully saturated rings. The van der Waals surface area contributed by atoms with Gasteiger partial charge in [0, 0.05) is 10.6 Å². The second-order valence-electron chi connectivity index (χ2n) is 5.29. The molecule has 1 amide bonds. The van der Waals surface area contributed by atoms with E-state index in [4.69, 9.17) is 0 Å². The van der Waals surface area contributed by atoms with Crippen LogP contribution in [-0.2, 0) is 4.79 Å². The van der Waals surface area contributed by atoms with Crippen LogP contribution in [-0.4, -0.2) is 37.6 Å². The molecule has 0 spiro atoms. The predicted octanol–water partition coefficient (Wildman–Crippen LogP) is 3.81. The van der Waals surface area contributed by atoms with Crippen LogP contribution in [0.5, 0.6) is 0 Å². The zero-order valence-electron chi connectivity index (χ0n) is 14.2. The largest absolute Gasteiger partial charge is 0.324 e. The summed E-state index contributed by atoms with van der Waals surface area (Å²) in [6.07, 6.45) is 1.81. The molecule has 0 unspecified atom stereocenters. The van der Waals surface area contributed by atoms with Crippen molar-refractivity contribution in [3.05, 3.63) is 67.0 Å². The van der Waals surface area contributed by atoms with Crippen molar-refractivity contribution in [2.75, 3.05) is 16.8 Å². The molecular weight excluding hydrogens is 385 g/mol. The monoisotopic (exact) mass is 401 g/mol. The first kappa shape index (κ1) is 19.1. The summed E-state index contributed by atoms with van der Waals surface area (Å²) in [4.78, 5) is 13.3. The molecule has 3 rings (SSSR count). The summed E-state index contributed by atoms with van der Waals surface area (Å²) in [5.41, 5.74) is 1.24. The quantitative estimate of drug-likeness (QED) is 0.457. The van der Waals surface area contributed by atoms with Crippen LogP contribution >= 0.6 is 23.5 Å². The maximum Gasteiger partial charge on any atom is 0.234 e. The zero-order valence-corrected chi connectivity index (χ0v) is 15.8. The molecule has 0 saturated heterocycles. The van der Waals surface area contributed by atoms with Gasteiger partial charge in [-0.15, -0.1) is 23.4 Å². The number of nitrogens with one attached hydrogen (secondary N) is 1. The Morgan fingerprint density at radius 3 is 2.89 bits per heavy atom. The minimum Gasteiger partial charge on any atom is -0.324 e. The molecule has 9 heteroatoms. The number of rotatable bonds is 8. The molecule has 27 heavy (non-hydrogen) atoms. The minimum atomic E-state index is -0.384. The summed E-state index contributed by atoms with van der Waals surface area (Å²) >= 11 is 2.77. The fourth-order valence-electron chi connectivity index (χ4n) is 2.20. The zero-order chi connectivity index (χ0) is 19.1. The van der Waals surface area contributed by atoms with Crippen LogP contribution in [0, 0.1) is 5.82 Å². The SMILES string of the molecule is C=CCSc1ccccc1NC(=O)CSc1nnnn1-c1cccc(F)c1. The second-order valence-corrected chi connectivity index (χ2v) is 7.29. The van der Waals surface area contributed by atoms with Gasteiger partial charge in [0.25, 0.3) is 0 Å². The van der Waals surface area contributed by atoms with Gasteiger partial charge in [-0.25, -0.2) is 4.39 Å². The highest BCUT2D eigenvalue weighted by molar-refractivity contribution is 8.00. The predicted molar refractivity (Wildman–Crippen MR) is 106 cm³/mol. The van der Waals surface area contributed by atoms with Gasteiger partial charge >= 0.3 is 0 Å². The highest BCUT2D eigenvalue weighted by Crippen LogP contribution is 2.27. The summed E-state index contributed by atoms with van der Waals surface area (Å²) in [6, 6.07) is 13.5. The van der Waals surface area contributed by atoms with E-state index in [0.29, 0.717) is 10.8 Å². The first-order valence-electron chi connectivity index (χ1n) is 7.97. The Kier molecular flexibility index (Phi) is 6.61. The van der Waals surface area contributed by atoms with Crippen molar-refractivity contribution in [2.45, 2.75) is 10.1 Å². The lowest BCUT2D eigenvalue weighted by Crippen LogP contribution is -2.15. The van der Waals surface area contributed by atoms with Crippen molar-refractivity contribution >= 4 is 35.1 Å². The van der Waals surface area contributed by atoms with Crippen LogP contribution in [0.25, 0.3) is 5.69 Å². The molecular formula is C18H16FN5OS2. The maximum atomic E-state index is 13.4. The number of amides is 1. The van der Waals surface area contributed by atoms with Crippen molar-refractivity contribution in [2.24, 2.45) is 0 Å². The van der Waals surface area contributed by atoms with E-state index >= 15 is 0 Å². The highest BCUT2D eigenvalue weighted by atomic mass is 32.2. The molecule has 1 heterocycles. The van der Waals surface area contributed by atoms with Gasteiger partial charge < -0.3 is 5.32 Å². The maximum absolute atomic E-state index is 13.4. The number of nitrogens with zero attached hydrogens (tertiary/aromatic N) is 4. The van der Waals surface area contributed by atoms with E-state index in [1.54, 1.807) is 23.9 Å². The third-order valence-corrected chi connectivity index (χ3v) is 5.33. The molecule has 138 valence electrons. The van der Waals surface area contributed by atoms with Crippen molar-refractivity contribution < 1.29 is 9.18 Å². The van der Waals surface area contributed by atoms with Crippen molar-refractivity contribution in [3.63, 3.8) is 0 Å². The number of halogens is 1. The van der Waals surface area contributed by atoms with Gasteiger partial charge in [0.2, 0.25) is 11.1 Å². The molecule has 0 saturated carbocycles. The average Bonchev–Trinajstić information content (AvgIpc) is 3.14. The normalized spacial score (nSPS) is 10.6. The number of para-hydroxylation sites is 1. The number of benzene rings is 2. The molecule has 0 aliphatic heterocycles. The second kappa shape index (κ2) is 9.33. The van der Waals surface area contributed by atoms with Gasteiger partial charge in [0.15, 0.2) is 0 Å². The van der Waals surface area contributed by atoms with Crippen LogP contribution in [0.4, 0.5) is 10.1 Å². The number of anilines is 1. The van der Waals surface area contributed by atoms with Crippen LogP contribution in [0.15, 0.2) is 71.2 Å². The Morgan fingerprint density at radius 1 is 1.22 bits per heavy atom. The number of hydrogen-bond acceptors (Lipinski definition) is 6. The van der Waals surface area contributed by atoms with Crippen molar-refractivity contribution in [1.29, 1.82) is 0 Å². The number of hydrogen-bond donors (Lipinski definition) is 1. The molecule has 6 nitrogen and oxygen atoms in total. The lowest BCUT2D eigenvalue weighted by atomic mass is 10.3. The summed E-state index contributed by atoms with van der Waals surface area (Å²) in [5, 5.41) is 14.7. The molecule has 1 N–H and O–H groups in total. The van der Waals surface area contributed by atoms with E-state index in [0.717, 1.165) is 16.3 Å². The fraction of sp³-hybridized carbons (Fsp3) is 0.111. The summed E-state index contributed by atoms with van der Waals surface area (Å²) in [7, 11) is 0. The number of thioether (sulfide) groups is 2. The Bertz CT molecular complexity index is 947. The highest BCUT2D eigenvalue weighted by Gasteiger charge is 2.13. The van der Waals surface area contributed by atoms with Gasteiger partial charge in [0.05, 0.1) is 17.1 Å². The Morgan fingerprint density at radius 2 is 2.07 bits per heavy atom. The summed E-state index contributed by atoms with van der Waals surface area (Å²) in [6.45, 7) is 3.71. The third kappa shape index (κ3) is 5.18. The van der Waals surface area contributed by atoms with Crippen LogP contribution < -0.4 is 5.32 Å². The van der Waals surface area contributed by atoms with E-state index in [-0.39, 0.29) is 17.5 Å². The van der Waals surface area contributed by atoms with E-state index in [2.05, 4.69) is 27.4 Å². The fourth-order valence-corrected chi connectivity index (χ4v) is 3.64. The van der Waals surface area contributed by atoms with Crippen LogP contribution in [0.3, 0.4) is 0 Å². The first-order valence-corrected chi connectivity index (χ1v) is 9.94. The molecule has 3 aromatic rings. The lowest BCUT2D eigenvalue weighted by Gasteiger charge is -2.10. The standard InChI is InChI=1S/C18H16FN5OS2/c1-2-10-26-16-9-4-3-8-15(16)20-17(25)12-27-18-21-22-23-24(18)14-7-5-6-13(19)11-14/h2-9,11H,1,10,12H2,(H,20,25). The molecule has 0 atom stereocenters. The molecule has 0 aliphatic carbocycles. The number of carbonyl (C=O) groups excluding carboxylic acids is 1. The Balaban J connectivity index is 1.64. The smallest absolute Gasteiger partial charge is 0.234 e. The Labute approximate surface area is 164 Å². The van der Waals surface area contributed by atoms with Gasteiger partial charge in [-0.05, 0) is 40.8 Å². The minimum absolute atomic E-state index is 0.121. The van der Waals surface area contributed by atoms with E-state index in [1.807, 2.05) is 30.3 Å². The third-order valence-electron chi connectivity index (χ3n) is 3.34. The number of carbonyl (C=O) groups is 1. The van der Waals surface area contributed by atoms with Gasteiger partial charge in [-0.1, -0.05) is 36.0 Å². The first-order chi connectivity index (χ1) is 13.2. The molecule has 0 aliphatic rings. The molecule has 0 radical (unpaired) electrons. The summed E-state index contributed by atoms with van der Waals surface area (Å²) < 4.78 is 14.8. The van der Waals surface area contributed by atoms with E-state index in [1.165, 1.54) is 28.6 Å².